The third-order valence-electron chi connectivity index (χ3n) is 3.92. The zero-order valence-corrected chi connectivity index (χ0v) is 13.2. The molecule has 0 spiro atoms. The lowest BCUT2D eigenvalue weighted by Crippen LogP contribution is -2.11. The number of aromatic nitrogens is 2. The van der Waals surface area contributed by atoms with Gasteiger partial charge in [0.05, 0.1) is 18.5 Å². The van der Waals surface area contributed by atoms with Gasteiger partial charge in [0, 0.05) is 18.7 Å². The van der Waals surface area contributed by atoms with Gasteiger partial charge in [-0.25, -0.2) is 4.98 Å². The number of fused-ring (bicyclic) bond motifs is 1. The molecule has 0 radical (unpaired) electrons. The largest absolute Gasteiger partial charge is 0.497 e. The minimum atomic E-state index is -0.0648. The number of rotatable bonds is 4. The minimum absolute atomic E-state index is 0.0648. The summed E-state index contributed by atoms with van der Waals surface area (Å²) in [6.07, 6.45) is 2.80. The molecular weight excluding hydrogens is 274 g/mol. The number of imidazole rings is 1. The Morgan fingerprint density at radius 3 is 2.59 bits per heavy atom. The first-order valence-corrected chi connectivity index (χ1v) is 7.45. The summed E-state index contributed by atoms with van der Waals surface area (Å²) in [5.41, 5.74) is 11.6. The first kappa shape index (κ1) is 14.6. The fourth-order valence-corrected chi connectivity index (χ4v) is 2.82. The highest BCUT2D eigenvalue weighted by molar-refractivity contribution is 5.51. The van der Waals surface area contributed by atoms with Gasteiger partial charge in [-0.1, -0.05) is 18.2 Å². The van der Waals surface area contributed by atoms with E-state index in [1.165, 1.54) is 5.56 Å². The predicted molar refractivity (Wildman–Crippen MR) is 88.3 cm³/mol. The van der Waals surface area contributed by atoms with Gasteiger partial charge < -0.3 is 14.9 Å². The summed E-state index contributed by atoms with van der Waals surface area (Å²) in [7, 11) is 1.67. The smallest absolute Gasteiger partial charge is 0.140 e. The van der Waals surface area contributed by atoms with Crippen LogP contribution in [0.5, 0.6) is 5.75 Å². The van der Waals surface area contributed by atoms with E-state index in [-0.39, 0.29) is 6.04 Å². The lowest BCUT2D eigenvalue weighted by atomic mass is 10.1. The lowest BCUT2D eigenvalue weighted by molar-refractivity contribution is 0.414. The molecule has 4 heteroatoms. The van der Waals surface area contributed by atoms with Gasteiger partial charge in [0.15, 0.2) is 0 Å². The van der Waals surface area contributed by atoms with Gasteiger partial charge in [0.25, 0.3) is 0 Å². The SMILES string of the molecule is COc1ccc(Cc2nc3c(C)cccn3c2C(C)N)cc1. The maximum absolute atomic E-state index is 6.19. The maximum Gasteiger partial charge on any atom is 0.140 e. The Balaban J connectivity index is 2.05. The molecule has 0 fully saturated rings. The van der Waals surface area contributed by atoms with Crippen LogP contribution in [0.4, 0.5) is 0 Å². The number of methoxy groups -OCH3 is 1. The number of hydrogen-bond acceptors (Lipinski definition) is 3. The van der Waals surface area contributed by atoms with Crippen molar-refractivity contribution in [3.63, 3.8) is 0 Å². The summed E-state index contributed by atoms with van der Waals surface area (Å²) in [6, 6.07) is 12.1. The number of nitrogens with zero attached hydrogens (tertiary/aromatic N) is 2. The molecule has 1 aromatic carbocycles. The molecule has 1 atom stereocenters. The van der Waals surface area contributed by atoms with Crippen molar-refractivity contribution in [3.05, 3.63) is 65.1 Å². The van der Waals surface area contributed by atoms with Crippen LogP contribution >= 0.6 is 0 Å². The molecule has 0 aliphatic carbocycles. The Hall–Kier alpha value is -2.33. The van der Waals surface area contributed by atoms with E-state index in [9.17, 15) is 0 Å². The lowest BCUT2D eigenvalue weighted by Gasteiger charge is -2.09. The summed E-state index contributed by atoms with van der Waals surface area (Å²) >= 11 is 0. The monoisotopic (exact) mass is 295 g/mol. The van der Waals surface area contributed by atoms with E-state index in [1.54, 1.807) is 7.11 Å². The molecule has 114 valence electrons. The van der Waals surface area contributed by atoms with Gasteiger partial charge in [0.2, 0.25) is 0 Å². The molecule has 0 saturated carbocycles. The summed E-state index contributed by atoms with van der Waals surface area (Å²) in [6.45, 7) is 4.08. The van der Waals surface area contributed by atoms with Crippen molar-refractivity contribution in [1.29, 1.82) is 0 Å². The summed E-state index contributed by atoms with van der Waals surface area (Å²) in [5.74, 6) is 0.863. The second-order valence-electron chi connectivity index (χ2n) is 5.64. The fourth-order valence-electron chi connectivity index (χ4n) is 2.82. The minimum Gasteiger partial charge on any atom is -0.497 e. The van der Waals surface area contributed by atoms with Gasteiger partial charge >= 0.3 is 0 Å². The average Bonchev–Trinajstić information content (AvgIpc) is 2.87. The number of ether oxygens (including phenoxy) is 1. The number of pyridine rings is 1. The molecule has 3 aromatic rings. The van der Waals surface area contributed by atoms with Crippen LogP contribution in [-0.2, 0) is 6.42 Å². The highest BCUT2D eigenvalue weighted by Crippen LogP contribution is 2.23. The molecule has 0 saturated heterocycles. The molecule has 2 N–H and O–H groups in total. The van der Waals surface area contributed by atoms with Gasteiger partial charge in [-0.2, -0.15) is 0 Å². The van der Waals surface area contributed by atoms with Crippen molar-refractivity contribution in [1.82, 2.24) is 9.38 Å². The summed E-state index contributed by atoms with van der Waals surface area (Å²) in [4.78, 5) is 4.82. The maximum atomic E-state index is 6.19. The van der Waals surface area contributed by atoms with E-state index >= 15 is 0 Å². The van der Waals surface area contributed by atoms with E-state index in [1.807, 2.05) is 31.3 Å². The van der Waals surface area contributed by atoms with Crippen LogP contribution in [0.2, 0.25) is 0 Å². The Bertz CT molecular complexity index is 788. The zero-order valence-electron chi connectivity index (χ0n) is 13.2. The van der Waals surface area contributed by atoms with E-state index in [4.69, 9.17) is 15.5 Å². The summed E-state index contributed by atoms with van der Waals surface area (Å²) < 4.78 is 7.32. The first-order chi connectivity index (χ1) is 10.6. The van der Waals surface area contributed by atoms with Crippen LogP contribution in [0.15, 0.2) is 42.6 Å². The first-order valence-electron chi connectivity index (χ1n) is 7.45. The molecule has 2 aromatic heterocycles. The van der Waals surface area contributed by atoms with Crippen molar-refractivity contribution in [2.24, 2.45) is 5.73 Å². The second kappa shape index (κ2) is 5.81. The topological polar surface area (TPSA) is 52.5 Å². The average molecular weight is 295 g/mol. The van der Waals surface area contributed by atoms with Crippen molar-refractivity contribution < 1.29 is 4.74 Å². The van der Waals surface area contributed by atoms with E-state index < -0.39 is 0 Å². The van der Waals surface area contributed by atoms with Crippen molar-refractivity contribution in [2.75, 3.05) is 7.11 Å². The molecular formula is C18H21N3O. The third kappa shape index (κ3) is 2.57. The van der Waals surface area contributed by atoms with Crippen molar-refractivity contribution in [3.8, 4) is 5.75 Å². The molecule has 3 rings (SSSR count). The molecule has 0 aliphatic rings. The number of aryl methyl sites for hydroxylation is 1. The van der Waals surface area contributed by atoms with E-state index in [2.05, 4.69) is 29.5 Å². The predicted octanol–water partition coefficient (Wildman–Crippen LogP) is 3.26. The molecule has 0 bridgehead atoms. The van der Waals surface area contributed by atoms with Gasteiger partial charge in [-0.3, -0.25) is 0 Å². The summed E-state index contributed by atoms with van der Waals surface area (Å²) in [5, 5.41) is 0. The Morgan fingerprint density at radius 1 is 1.23 bits per heavy atom. The van der Waals surface area contributed by atoms with E-state index in [0.717, 1.165) is 34.8 Å². The zero-order chi connectivity index (χ0) is 15.7. The van der Waals surface area contributed by atoms with Crippen LogP contribution in [-0.4, -0.2) is 16.5 Å². The standard InChI is InChI=1S/C18H21N3O/c1-12-5-4-10-21-17(13(2)19)16(20-18(12)21)11-14-6-8-15(22-3)9-7-14/h4-10,13H,11,19H2,1-3H3. The third-order valence-corrected chi connectivity index (χ3v) is 3.92. The Labute approximate surface area is 130 Å². The number of nitrogens with two attached hydrogens (primary N) is 1. The van der Waals surface area contributed by atoms with Gasteiger partial charge in [-0.15, -0.1) is 0 Å². The quantitative estimate of drug-likeness (QED) is 0.803. The normalized spacial score (nSPS) is 12.5. The molecule has 4 nitrogen and oxygen atoms in total. The van der Waals surface area contributed by atoms with Gasteiger partial charge in [0.1, 0.15) is 11.4 Å². The van der Waals surface area contributed by atoms with Gasteiger partial charge in [-0.05, 0) is 43.2 Å². The Morgan fingerprint density at radius 2 is 1.95 bits per heavy atom. The molecule has 0 aliphatic heterocycles. The van der Waals surface area contributed by atoms with Crippen molar-refractivity contribution >= 4 is 5.65 Å². The van der Waals surface area contributed by atoms with Crippen LogP contribution < -0.4 is 10.5 Å². The van der Waals surface area contributed by atoms with Crippen LogP contribution in [0.3, 0.4) is 0 Å². The van der Waals surface area contributed by atoms with Crippen LogP contribution in [0.1, 0.15) is 35.5 Å². The molecule has 1 unspecified atom stereocenters. The highest BCUT2D eigenvalue weighted by Gasteiger charge is 2.16. The number of benzene rings is 1. The van der Waals surface area contributed by atoms with Crippen molar-refractivity contribution in [2.45, 2.75) is 26.3 Å². The molecule has 22 heavy (non-hydrogen) atoms. The fraction of sp³-hybridized carbons (Fsp3) is 0.278. The number of hydrogen-bond donors (Lipinski definition) is 1. The second-order valence-corrected chi connectivity index (χ2v) is 5.64. The molecule has 0 amide bonds. The van der Waals surface area contributed by atoms with Crippen LogP contribution in [0.25, 0.3) is 5.65 Å². The van der Waals surface area contributed by atoms with E-state index in [0.29, 0.717) is 0 Å². The Kier molecular flexibility index (Phi) is 3.86. The highest BCUT2D eigenvalue weighted by atomic mass is 16.5. The van der Waals surface area contributed by atoms with Crippen LogP contribution in [0, 0.1) is 6.92 Å². The molecule has 2 heterocycles.